The van der Waals surface area contributed by atoms with Crippen LogP contribution in [0.2, 0.25) is 5.28 Å². The van der Waals surface area contributed by atoms with Gasteiger partial charge in [-0.25, -0.2) is 14.8 Å². The Labute approximate surface area is 204 Å². The van der Waals surface area contributed by atoms with Gasteiger partial charge in [0.2, 0.25) is 5.28 Å². The average molecular weight is 504 g/mol. The molecule has 0 saturated carbocycles. The van der Waals surface area contributed by atoms with Gasteiger partial charge in [-0.05, 0) is 42.3 Å². The summed E-state index contributed by atoms with van der Waals surface area (Å²) in [7, 11) is 0. The molecule has 5 rings (SSSR count). The summed E-state index contributed by atoms with van der Waals surface area (Å²) in [6, 6.07) is 6.23. The van der Waals surface area contributed by atoms with E-state index in [2.05, 4.69) is 25.6 Å². The molecule has 8 nitrogen and oxygen atoms in total. The third-order valence-corrected chi connectivity index (χ3v) is 6.23. The van der Waals surface area contributed by atoms with E-state index in [1.807, 2.05) is 6.07 Å². The monoisotopic (exact) mass is 503 g/mol. The highest BCUT2D eigenvalue weighted by Crippen LogP contribution is 2.35. The lowest BCUT2D eigenvalue weighted by atomic mass is 10.0. The maximum Gasteiger partial charge on any atom is 0.416 e. The molecular weight excluding hydrogens is 483 g/mol. The van der Waals surface area contributed by atoms with Crippen LogP contribution >= 0.6 is 11.6 Å². The van der Waals surface area contributed by atoms with Crippen molar-refractivity contribution in [3.8, 4) is 0 Å². The van der Waals surface area contributed by atoms with Gasteiger partial charge < -0.3 is 15.5 Å². The van der Waals surface area contributed by atoms with Crippen molar-refractivity contribution >= 4 is 34.8 Å². The highest BCUT2D eigenvalue weighted by molar-refractivity contribution is 6.28. The second kappa shape index (κ2) is 8.88. The number of benzene rings is 1. The number of aromatic nitrogens is 3. The summed E-state index contributed by atoms with van der Waals surface area (Å²) in [4.78, 5) is 29.4. The first kappa shape index (κ1) is 23.2. The number of carbonyl (C=O) groups excluding carboxylic acids is 1. The summed E-state index contributed by atoms with van der Waals surface area (Å²) in [5.41, 5.74) is 2.52. The molecular formula is C23H21ClF3N7O. The van der Waals surface area contributed by atoms with Crippen molar-refractivity contribution in [3.63, 3.8) is 0 Å². The van der Waals surface area contributed by atoms with Crippen LogP contribution in [0.3, 0.4) is 0 Å². The molecule has 1 aromatic carbocycles. The van der Waals surface area contributed by atoms with Gasteiger partial charge in [-0.15, -0.1) is 0 Å². The van der Waals surface area contributed by atoms with Gasteiger partial charge in [0.1, 0.15) is 5.82 Å². The third-order valence-electron chi connectivity index (χ3n) is 6.07. The first-order valence-electron chi connectivity index (χ1n) is 10.9. The molecule has 2 amide bonds. The molecule has 182 valence electrons. The normalized spacial score (nSPS) is 15.8. The van der Waals surface area contributed by atoms with Crippen molar-refractivity contribution in [2.75, 3.05) is 28.6 Å². The summed E-state index contributed by atoms with van der Waals surface area (Å²) in [6.45, 7) is 3.30. The summed E-state index contributed by atoms with van der Waals surface area (Å²) in [5.74, 6) is 0.391. The van der Waals surface area contributed by atoms with Crippen LogP contribution in [-0.4, -0.2) is 39.0 Å². The van der Waals surface area contributed by atoms with E-state index in [4.69, 9.17) is 11.6 Å². The van der Waals surface area contributed by atoms with Gasteiger partial charge in [0.25, 0.3) is 0 Å². The number of nitrogens with one attached hydrogen (secondary N) is 2. The smallest absolute Gasteiger partial charge is 0.381 e. The average Bonchev–Trinajstić information content (AvgIpc) is 3.27. The predicted octanol–water partition coefficient (Wildman–Crippen LogP) is 5.08. The van der Waals surface area contributed by atoms with Crippen LogP contribution in [0.25, 0.3) is 0 Å². The Kier molecular flexibility index (Phi) is 5.87. The number of alkyl halides is 3. The maximum atomic E-state index is 13.4. The van der Waals surface area contributed by atoms with Crippen molar-refractivity contribution in [2.24, 2.45) is 0 Å². The number of amides is 2. The SMILES string of the molecule is C[C@@H](Nc1nc(Cl)nc2c1CN(C(=O)N1CCNc3ccncc31)C2)c1cccc(C(F)(F)F)c1. The number of carbonyl (C=O) groups is 1. The van der Waals surface area contributed by atoms with Crippen LogP contribution in [0, 0.1) is 0 Å². The molecule has 2 N–H and O–H groups in total. The van der Waals surface area contributed by atoms with Crippen LogP contribution in [0.5, 0.6) is 0 Å². The summed E-state index contributed by atoms with van der Waals surface area (Å²) >= 11 is 6.14. The highest BCUT2D eigenvalue weighted by atomic mass is 35.5. The number of nitrogens with zero attached hydrogens (tertiary/aromatic N) is 5. The number of halogens is 4. The Morgan fingerprint density at radius 1 is 1.23 bits per heavy atom. The highest BCUT2D eigenvalue weighted by Gasteiger charge is 2.34. The molecule has 0 spiro atoms. The maximum absolute atomic E-state index is 13.4. The van der Waals surface area contributed by atoms with Gasteiger partial charge in [0.05, 0.1) is 41.9 Å². The number of pyridine rings is 1. The lowest BCUT2D eigenvalue weighted by Gasteiger charge is -2.32. The van der Waals surface area contributed by atoms with E-state index in [9.17, 15) is 18.0 Å². The van der Waals surface area contributed by atoms with Gasteiger partial charge in [0, 0.05) is 30.9 Å². The van der Waals surface area contributed by atoms with E-state index in [1.165, 1.54) is 6.07 Å². The molecule has 0 aliphatic carbocycles. The first-order valence-corrected chi connectivity index (χ1v) is 11.3. The molecule has 2 aliphatic rings. The van der Waals surface area contributed by atoms with Crippen LogP contribution in [0.1, 0.15) is 35.3 Å². The molecule has 0 unspecified atom stereocenters. The Morgan fingerprint density at radius 2 is 2.06 bits per heavy atom. The minimum Gasteiger partial charge on any atom is -0.381 e. The van der Waals surface area contributed by atoms with Crippen LogP contribution in [0.15, 0.2) is 42.7 Å². The predicted molar refractivity (Wildman–Crippen MR) is 125 cm³/mol. The van der Waals surface area contributed by atoms with Crippen molar-refractivity contribution in [3.05, 3.63) is 70.4 Å². The van der Waals surface area contributed by atoms with E-state index in [1.54, 1.807) is 35.2 Å². The lowest BCUT2D eigenvalue weighted by Crippen LogP contribution is -2.45. The van der Waals surface area contributed by atoms with E-state index >= 15 is 0 Å². The molecule has 3 aromatic rings. The fourth-order valence-electron chi connectivity index (χ4n) is 4.30. The first-order chi connectivity index (χ1) is 16.7. The van der Waals surface area contributed by atoms with Gasteiger partial charge in [-0.3, -0.25) is 9.88 Å². The topological polar surface area (TPSA) is 86.3 Å². The van der Waals surface area contributed by atoms with E-state index in [0.717, 1.165) is 17.8 Å². The van der Waals surface area contributed by atoms with Crippen molar-refractivity contribution in [1.82, 2.24) is 19.9 Å². The summed E-state index contributed by atoms with van der Waals surface area (Å²) in [6.07, 6.45) is -1.14. The van der Waals surface area contributed by atoms with Gasteiger partial charge in [0.15, 0.2) is 0 Å². The van der Waals surface area contributed by atoms with E-state index < -0.39 is 17.8 Å². The van der Waals surface area contributed by atoms with Gasteiger partial charge >= 0.3 is 12.2 Å². The van der Waals surface area contributed by atoms with Crippen LogP contribution < -0.4 is 15.5 Å². The Morgan fingerprint density at radius 3 is 2.86 bits per heavy atom. The summed E-state index contributed by atoms with van der Waals surface area (Å²) in [5, 5.41) is 6.40. The molecule has 0 bridgehead atoms. The summed E-state index contributed by atoms with van der Waals surface area (Å²) < 4.78 is 39.4. The number of fused-ring (bicyclic) bond motifs is 2. The Hall–Kier alpha value is -3.60. The molecule has 2 aliphatic heterocycles. The zero-order valence-electron chi connectivity index (χ0n) is 18.6. The number of anilines is 3. The Balaban J connectivity index is 1.37. The van der Waals surface area contributed by atoms with Gasteiger partial charge in [-0.2, -0.15) is 13.2 Å². The number of urea groups is 1. The van der Waals surface area contributed by atoms with Gasteiger partial charge in [-0.1, -0.05) is 12.1 Å². The molecule has 0 saturated heterocycles. The largest absolute Gasteiger partial charge is 0.416 e. The zero-order chi connectivity index (χ0) is 24.7. The standard InChI is InChI=1S/C23H21ClF3N7O/c1-13(14-3-2-4-15(9-14)23(25,26)27)30-20-16-11-33(12-18(16)31-21(24)32-20)22(35)34-8-7-29-17-5-6-28-10-19(17)34/h2-6,9-10,13,29H,7-8,11-12H2,1H3,(H,30,31,32)/t13-/m1/s1. The van der Waals surface area contributed by atoms with Crippen molar-refractivity contribution < 1.29 is 18.0 Å². The van der Waals surface area contributed by atoms with Crippen molar-refractivity contribution in [2.45, 2.75) is 32.2 Å². The second-order valence-corrected chi connectivity index (χ2v) is 8.70. The zero-order valence-corrected chi connectivity index (χ0v) is 19.4. The molecule has 4 heterocycles. The molecule has 0 radical (unpaired) electrons. The van der Waals surface area contributed by atoms with Crippen molar-refractivity contribution in [1.29, 1.82) is 0 Å². The quantitative estimate of drug-likeness (QED) is 0.484. The minimum absolute atomic E-state index is 0.00601. The van der Waals surface area contributed by atoms with E-state index in [-0.39, 0.29) is 24.4 Å². The van der Waals surface area contributed by atoms with Crippen LogP contribution in [-0.2, 0) is 19.3 Å². The Bertz CT molecular complexity index is 1290. The second-order valence-electron chi connectivity index (χ2n) is 8.37. The number of hydrogen-bond acceptors (Lipinski definition) is 6. The lowest BCUT2D eigenvalue weighted by molar-refractivity contribution is -0.137. The molecule has 35 heavy (non-hydrogen) atoms. The molecule has 1 atom stereocenters. The van der Waals surface area contributed by atoms with E-state index in [0.29, 0.717) is 41.4 Å². The molecule has 12 heteroatoms. The fraction of sp³-hybridized carbons (Fsp3) is 0.304. The third kappa shape index (κ3) is 4.55. The number of hydrogen-bond donors (Lipinski definition) is 2. The van der Waals surface area contributed by atoms with Crippen LogP contribution in [0.4, 0.5) is 35.2 Å². The molecule has 0 fully saturated rings. The fourth-order valence-corrected chi connectivity index (χ4v) is 4.48. The minimum atomic E-state index is -4.44. The number of rotatable bonds is 3. The molecule has 2 aromatic heterocycles.